The summed E-state index contributed by atoms with van der Waals surface area (Å²) in [5.74, 6) is -0.839. The van der Waals surface area contributed by atoms with Gasteiger partial charge in [0.05, 0.1) is 5.41 Å². The third-order valence-electron chi connectivity index (χ3n) is 6.50. The maximum Gasteiger partial charge on any atom is 0.309 e. The van der Waals surface area contributed by atoms with Crippen LogP contribution in [0, 0.1) is 11.3 Å². The van der Waals surface area contributed by atoms with Gasteiger partial charge in [0.1, 0.15) is 5.75 Å². The van der Waals surface area contributed by atoms with Gasteiger partial charge in [0, 0.05) is 17.5 Å². The molecule has 24 heavy (non-hydrogen) atoms. The van der Waals surface area contributed by atoms with Crippen molar-refractivity contribution in [3.63, 3.8) is 0 Å². The Morgan fingerprint density at radius 2 is 1.92 bits per heavy atom. The van der Waals surface area contributed by atoms with Crippen LogP contribution in [-0.2, 0) is 10.2 Å². The zero-order valence-corrected chi connectivity index (χ0v) is 14.8. The van der Waals surface area contributed by atoms with E-state index in [2.05, 4.69) is 6.92 Å². The molecule has 130 valence electrons. The largest absolute Gasteiger partial charge is 0.508 e. The Bertz CT molecular complexity index is 721. The predicted molar refractivity (Wildman–Crippen MR) is 91.6 cm³/mol. The smallest absolute Gasteiger partial charge is 0.309 e. The van der Waals surface area contributed by atoms with Gasteiger partial charge in [0.2, 0.25) is 0 Å². The van der Waals surface area contributed by atoms with Crippen molar-refractivity contribution < 1.29 is 19.8 Å². The van der Waals surface area contributed by atoms with Crippen LogP contribution >= 0.6 is 0 Å². The molecule has 4 nitrogen and oxygen atoms in total. The number of ketones is 1. The quantitative estimate of drug-likeness (QED) is 0.850. The Hall–Kier alpha value is -1.84. The Labute approximate surface area is 142 Å². The van der Waals surface area contributed by atoms with Crippen molar-refractivity contribution in [1.29, 1.82) is 0 Å². The van der Waals surface area contributed by atoms with Crippen molar-refractivity contribution in [2.24, 2.45) is 11.3 Å². The minimum absolute atomic E-state index is 0.0264. The second kappa shape index (κ2) is 5.33. The predicted octanol–water partition coefficient (Wildman–Crippen LogP) is 4.25. The highest BCUT2D eigenvalue weighted by atomic mass is 16.4. The van der Waals surface area contributed by atoms with E-state index in [0.29, 0.717) is 17.5 Å². The molecule has 0 aromatic heterocycles. The second-order valence-electron chi connectivity index (χ2n) is 8.25. The van der Waals surface area contributed by atoms with E-state index >= 15 is 0 Å². The number of hydrogen-bond acceptors (Lipinski definition) is 3. The summed E-state index contributed by atoms with van der Waals surface area (Å²) in [6.45, 7) is 7.84. The van der Waals surface area contributed by atoms with Crippen LogP contribution in [0.3, 0.4) is 0 Å². The minimum Gasteiger partial charge on any atom is -0.508 e. The van der Waals surface area contributed by atoms with E-state index in [1.54, 1.807) is 13.0 Å². The number of carbonyl (C=O) groups excluding carboxylic acids is 1. The molecule has 2 aliphatic rings. The number of carbonyl (C=O) groups is 2. The number of hydrogen-bond donors (Lipinski definition) is 2. The lowest BCUT2D eigenvalue weighted by molar-refractivity contribution is -0.156. The molecule has 0 bridgehead atoms. The highest BCUT2D eigenvalue weighted by Crippen LogP contribution is 2.58. The zero-order valence-electron chi connectivity index (χ0n) is 14.8. The number of carboxylic acid groups (broad SMARTS) is 1. The molecule has 4 heteroatoms. The Morgan fingerprint density at radius 3 is 2.50 bits per heavy atom. The molecule has 0 radical (unpaired) electrons. The average molecular weight is 330 g/mol. The van der Waals surface area contributed by atoms with Crippen LogP contribution in [0.2, 0.25) is 0 Å². The molecular weight excluding hydrogens is 304 g/mol. The van der Waals surface area contributed by atoms with E-state index in [4.69, 9.17) is 0 Å². The molecule has 1 saturated carbocycles. The van der Waals surface area contributed by atoms with Crippen LogP contribution in [0.15, 0.2) is 12.1 Å². The van der Waals surface area contributed by atoms with Crippen molar-refractivity contribution >= 4 is 11.8 Å². The number of phenolic OH excluding ortho intramolecular Hbond substituents is 1. The number of aliphatic carboxylic acids is 1. The highest BCUT2D eigenvalue weighted by Gasteiger charge is 2.57. The van der Waals surface area contributed by atoms with Gasteiger partial charge in [0.15, 0.2) is 5.78 Å². The normalized spacial score (nSPS) is 32.4. The number of Topliss-reactive ketones (excluding diaryl/α,β-unsaturated/α-hetero) is 1. The maximum absolute atomic E-state index is 13.0. The lowest BCUT2D eigenvalue weighted by atomic mass is 9.49. The fourth-order valence-electron chi connectivity index (χ4n) is 5.16. The number of benzene rings is 1. The first-order chi connectivity index (χ1) is 11.1. The van der Waals surface area contributed by atoms with Gasteiger partial charge in [-0.25, -0.2) is 0 Å². The molecule has 3 atom stereocenters. The van der Waals surface area contributed by atoms with Crippen LogP contribution in [0.4, 0.5) is 0 Å². The molecule has 1 fully saturated rings. The van der Waals surface area contributed by atoms with Crippen LogP contribution < -0.4 is 0 Å². The van der Waals surface area contributed by atoms with E-state index < -0.39 is 11.4 Å². The molecule has 2 N–H and O–H groups in total. The van der Waals surface area contributed by atoms with Crippen LogP contribution in [0.1, 0.15) is 80.8 Å². The van der Waals surface area contributed by atoms with Crippen molar-refractivity contribution in [3.05, 3.63) is 28.8 Å². The first kappa shape index (κ1) is 17.0. The standard InChI is InChI=1S/C20H26O4/c1-11(2)16-13(21)7-6-12-17(16)14(22)10-15-19(12,3)8-5-9-20(15,4)18(23)24/h6-7,11,15,21H,5,8-10H2,1-4H3,(H,23,24). The van der Waals surface area contributed by atoms with Gasteiger partial charge >= 0.3 is 5.97 Å². The summed E-state index contributed by atoms with van der Waals surface area (Å²) < 4.78 is 0. The van der Waals surface area contributed by atoms with Crippen molar-refractivity contribution in [3.8, 4) is 5.75 Å². The molecule has 0 heterocycles. The molecule has 0 aliphatic heterocycles. The zero-order chi connectivity index (χ0) is 17.9. The van der Waals surface area contributed by atoms with Gasteiger partial charge in [-0.15, -0.1) is 0 Å². The van der Waals surface area contributed by atoms with Gasteiger partial charge in [-0.1, -0.05) is 33.3 Å². The first-order valence-electron chi connectivity index (χ1n) is 8.76. The van der Waals surface area contributed by atoms with Gasteiger partial charge in [-0.2, -0.15) is 0 Å². The Morgan fingerprint density at radius 1 is 1.25 bits per heavy atom. The van der Waals surface area contributed by atoms with Crippen LogP contribution in [0.25, 0.3) is 0 Å². The number of fused-ring (bicyclic) bond motifs is 3. The van der Waals surface area contributed by atoms with Crippen LogP contribution in [-0.4, -0.2) is 22.0 Å². The first-order valence-corrected chi connectivity index (χ1v) is 8.76. The lowest BCUT2D eigenvalue weighted by Gasteiger charge is -2.53. The fourth-order valence-corrected chi connectivity index (χ4v) is 5.16. The molecule has 0 saturated heterocycles. The van der Waals surface area contributed by atoms with E-state index in [1.807, 2.05) is 19.9 Å². The topological polar surface area (TPSA) is 74.6 Å². The van der Waals surface area contributed by atoms with Crippen molar-refractivity contribution in [1.82, 2.24) is 0 Å². The number of phenols is 1. The summed E-state index contributed by atoms with van der Waals surface area (Å²) in [6.07, 6.45) is 2.57. The van der Waals surface area contributed by atoms with E-state index in [0.717, 1.165) is 18.4 Å². The summed E-state index contributed by atoms with van der Waals surface area (Å²) in [7, 11) is 0. The van der Waals surface area contributed by atoms with Crippen molar-refractivity contribution in [2.75, 3.05) is 0 Å². The summed E-state index contributed by atoms with van der Waals surface area (Å²) in [6, 6.07) is 3.51. The molecule has 3 unspecified atom stereocenters. The van der Waals surface area contributed by atoms with Gasteiger partial charge in [0.25, 0.3) is 0 Å². The van der Waals surface area contributed by atoms with E-state index in [-0.39, 0.29) is 35.2 Å². The highest BCUT2D eigenvalue weighted by molar-refractivity contribution is 6.02. The molecule has 2 aliphatic carbocycles. The third kappa shape index (κ3) is 2.11. The monoisotopic (exact) mass is 330 g/mol. The van der Waals surface area contributed by atoms with Crippen molar-refractivity contribution in [2.45, 2.75) is 64.7 Å². The Kier molecular flexibility index (Phi) is 3.78. The SMILES string of the molecule is CC(C)c1c(O)ccc2c1C(=O)CC1C(C)(C(=O)O)CCCC21C. The maximum atomic E-state index is 13.0. The second-order valence-corrected chi connectivity index (χ2v) is 8.25. The van der Waals surface area contributed by atoms with E-state index in [9.17, 15) is 19.8 Å². The number of rotatable bonds is 2. The minimum atomic E-state index is -0.879. The molecular formula is C20H26O4. The molecule has 0 spiro atoms. The Balaban J connectivity index is 2.26. The number of carboxylic acids is 1. The summed E-state index contributed by atoms with van der Waals surface area (Å²) in [5, 5.41) is 20.1. The van der Waals surface area contributed by atoms with Gasteiger partial charge < -0.3 is 10.2 Å². The van der Waals surface area contributed by atoms with Gasteiger partial charge in [-0.3, -0.25) is 9.59 Å². The molecule has 1 aromatic carbocycles. The average Bonchev–Trinajstić information content (AvgIpc) is 2.49. The van der Waals surface area contributed by atoms with Crippen LogP contribution in [0.5, 0.6) is 5.75 Å². The molecule has 3 rings (SSSR count). The molecule has 0 amide bonds. The molecule has 1 aromatic rings. The van der Waals surface area contributed by atoms with Gasteiger partial charge in [-0.05, 0) is 48.6 Å². The summed E-state index contributed by atoms with van der Waals surface area (Å²) in [5.41, 5.74) is 1.05. The summed E-state index contributed by atoms with van der Waals surface area (Å²) >= 11 is 0. The number of aromatic hydroxyl groups is 1. The third-order valence-corrected chi connectivity index (χ3v) is 6.50. The van der Waals surface area contributed by atoms with E-state index in [1.165, 1.54) is 0 Å². The summed E-state index contributed by atoms with van der Waals surface area (Å²) in [4.78, 5) is 24.9. The lowest BCUT2D eigenvalue weighted by Crippen LogP contribution is -2.53. The fraction of sp³-hybridized carbons (Fsp3) is 0.600.